The van der Waals surface area contributed by atoms with E-state index in [1.54, 1.807) is 19.1 Å². The molecule has 0 spiro atoms. The molecule has 0 amide bonds. The fourth-order valence-corrected chi connectivity index (χ4v) is 10.6. The number of aryl methyl sites for hydroxylation is 2. The summed E-state index contributed by atoms with van der Waals surface area (Å²) in [7, 11) is -19.2. The van der Waals surface area contributed by atoms with Crippen molar-refractivity contribution in [2.45, 2.75) is 79.3 Å². The standard InChI is InChI=1S/C38H48O13P4/c1-21-14-24(37(4,5)6)16-28(23(21)3)33-31(50-19-53(42,43)44)12-10-26-27-11-13-32(51-20-54(45,46)47)34(36(27)55(48,49)35(26)33)29-17-25(38(7,8)9)15-22(2)30(29)18-52(39,40)41/h10-17H,18-20H2,1-9H3,(H,48,49)(H2,39,40,41)(H2,42,43,44)(H2,45,46,47). The predicted molar refractivity (Wildman–Crippen MR) is 214 cm³/mol. The second kappa shape index (κ2) is 14.5. The molecule has 1 heterocycles. The smallest absolute Gasteiger partial charge is 0.362 e. The van der Waals surface area contributed by atoms with Gasteiger partial charge in [-0.1, -0.05) is 65.8 Å². The van der Waals surface area contributed by atoms with Gasteiger partial charge in [-0.2, -0.15) is 0 Å². The third kappa shape index (κ3) is 9.15. The molecule has 0 radical (unpaired) electrons. The minimum Gasteiger partial charge on any atom is -0.480 e. The Morgan fingerprint density at radius 2 is 0.982 bits per heavy atom. The highest BCUT2D eigenvalue weighted by atomic mass is 31.2. The van der Waals surface area contributed by atoms with Crippen LogP contribution < -0.4 is 20.1 Å². The van der Waals surface area contributed by atoms with Crippen LogP contribution in [0.15, 0.2) is 48.5 Å². The van der Waals surface area contributed by atoms with Gasteiger partial charge in [-0.3, -0.25) is 18.3 Å². The van der Waals surface area contributed by atoms with E-state index >= 15 is 4.57 Å². The number of hydrogen-bond acceptors (Lipinski definition) is 6. The zero-order valence-electron chi connectivity index (χ0n) is 32.1. The molecule has 4 aromatic carbocycles. The first-order valence-electron chi connectivity index (χ1n) is 17.2. The normalized spacial score (nSPS) is 16.2. The summed E-state index contributed by atoms with van der Waals surface area (Å²) in [6, 6.07) is 13.1. The van der Waals surface area contributed by atoms with Crippen molar-refractivity contribution in [1.29, 1.82) is 0 Å². The van der Waals surface area contributed by atoms with Crippen LogP contribution in [-0.4, -0.2) is 46.9 Å². The van der Waals surface area contributed by atoms with Crippen molar-refractivity contribution in [3.8, 4) is 44.9 Å². The number of fused-ring (bicyclic) bond motifs is 3. The summed E-state index contributed by atoms with van der Waals surface area (Å²) < 4.78 is 63.9. The van der Waals surface area contributed by atoms with Gasteiger partial charge in [0.2, 0.25) is 0 Å². The van der Waals surface area contributed by atoms with Crippen molar-refractivity contribution in [3.05, 3.63) is 81.9 Å². The average Bonchev–Trinajstić information content (AvgIpc) is 3.24. The lowest BCUT2D eigenvalue weighted by atomic mass is 9.81. The Morgan fingerprint density at radius 1 is 0.582 bits per heavy atom. The first kappa shape index (κ1) is 43.2. The van der Waals surface area contributed by atoms with Crippen molar-refractivity contribution in [2.24, 2.45) is 0 Å². The number of hydrogen-bond donors (Lipinski definition) is 7. The molecule has 0 aliphatic carbocycles. The van der Waals surface area contributed by atoms with Crippen LogP contribution in [0.5, 0.6) is 11.5 Å². The van der Waals surface area contributed by atoms with Crippen molar-refractivity contribution in [3.63, 3.8) is 0 Å². The minimum atomic E-state index is -4.89. The molecule has 1 aliphatic rings. The molecule has 5 rings (SSSR count). The number of rotatable bonds is 10. The van der Waals surface area contributed by atoms with Crippen LogP contribution in [0.4, 0.5) is 0 Å². The molecule has 55 heavy (non-hydrogen) atoms. The molecule has 17 heteroatoms. The molecule has 1 unspecified atom stereocenters. The van der Waals surface area contributed by atoms with E-state index in [4.69, 9.17) is 9.47 Å². The predicted octanol–water partition coefficient (Wildman–Crippen LogP) is 7.45. The fraction of sp³-hybridized carbons (Fsp3) is 0.368. The number of ether oxygens (including phenoxy) is 2. The topological polar surface area (TPSA) is 228 Å². The molecule has 1 aliphatic heterocycles. The summed E-state index contributed by atoms with van der Waals surface area (Å²) in [6.07, 6.45) is -2.88. The van der Waals surface area contributed by atoms with Crippen LogP contribution >= 0.6 is 30.2 Å². The van der Waals surface area contributed by atoms with Crippen LogP contribution in [0.25, 0.3) is 33.4 Å². The second-order valence-corrected chi connectivity index (χ2v) is 23.1. The molecule has 298 valence electrons. The molecule has 0 saturated carbocycles. The van der Waals surface area contributed by atoms with Crippen molar-refractivity contribution in [2.75, 3.05) is 12.7 Å². The van der Waals surface area contributed by atoms with Gasteiger partial charge in [0.15, 0.2) is 12.7 Å². The third-order valence-corrected chi connectivity index (χ3v) is 13.5. The SMILES string of the molecule is Cc1cc(C(C)(C)C)cc(-c2c(OCP(=O)(O)O)ccc3c2P(=O)(O)c2c-3ccc(OCP(=O)(O)O)c2-c2cc(C(C)(C)C)cc(C)c2CP(=O)(O)O)c1C. The molecule has 13 nitrogen and oxygen atoms in total. The van der Waals surface area contributed by atoms with Gasteiger partial charge in [0, 0.05) is 11.1 Å². The average molecular weight is 837 g/mol. The fourth-order valence-electron chi connectivity index (χ4n) is 6.83. The van der Waals surface area contributed by atoms with E-state index in [1.807, 2.05) is 67.5 Å². The van der Waals surface area contributed by atoms with Crippen molar-refractivity contribution >= 4 is 40.8 Å². The van der Waals surface area contributed by atoms with Gasteiger partial charge in [-0.25, -0.2) is 0 Å². The van der Waals surface area contributed by atoms with Crippen molar-refractivity contribution < 1.29 is 62.0 Å². The Kier molecular flexibility index (Phi) is 11.4. The third-order valence-electron chi connectivity index (χ3n) is 9.73. The molecular formula is C38H48O13P4. The van der Waals surface area contributed by atoms with Crippen LogP contribution in [0, 0.1) is 20.8 Å². The van der Waals surface area contributed by atoms with Crippen LogP contribution in [0.2, 0.25) is 0 Å². The molecule has 0 saturated heterocycles. The Morgan fingerprint density at radius 3 is 1.38 bits per heavy atom. The maximum atomic E-state index is 15.6. The number of benzene rings is 4. The summed E-state index contributed by atoms with van der Waals surface area (Å²) >= 11 is 0. The van der Waals surface area contributed by atoms with Crippen molar-refractivity contribution in [1.82, 2.24) is 0 Å². The van der Waals surface area contributed by atoms with Crippen LogP contribution in [-0.2, 0) is 35.3 Å². The monoisotopic (exact) mass is 836 g/mol. The highest BCUT2D eigenvalue weighted by Gasteiger charge is 2.45. The summed E-state index contributed by atoms with van der Waals surface area (Å²) in [5.74, 6) is -0.271. The first-order valence-corrected chi connectivity index (χ1v) is 24.3. The zero-order valence-corrected chi connectivity index (χ0v) is 35.7. The lowest BCUT2D eigenvalue weighted by Gasteiger charge is -2.26. The van der Waals surface area contributed by atoms with Gasteiger partial charge in [0.1, 0.15) is 11.5 Å². The molecule has 4 aromatic rings. The van der Waals surface area contributed by atoms with E-state index in [9.17, 15) is 47.9 Å². The molecule has 0 aromatic heterocycles. The summed E-state index contributed by atoms with van der Waals surface area (Å²) in [6.45, 7) is 17.1. The van der Waals surface area contributed by atoms with E-state index in [0.29, 0.717) is 22.3 Å². The van der Waals surface area contributed by atoms with Gasteiger partial charge < -0.3 is 43.7 Å². The van der Waals surface area contributed by atoms with E-state index < -0.39 is 54.4 Å². The van der Waals surface area contributed by atoms with Gasteiger partial charge in [-0.15, -0.1) is 0 Å². The highest BCUT2D eigenvalue weighted by molar-refractivity contribution is 7.75. The molecule has 7 N–H and O–H groups in total. The second-order valence-electron chi connectivity index (χ2n) is 16.2. The largest absolute Gasteiger partial charge is 0.480 e. The van der Waals surface area contributed by atoms with E-state index in [2.05, 4.69) is 0 Å². The first-order chi connectivity index (χ1) is 24.9. The van der Waals surface area contributed by atoms with Gasteiger partial charge in [-0.05, 0) is 112 Å². The molecule has 1 atom stereocenters. The Hall–Kier alpha value is -2.88. The maximum Gasteiger partial charge on any atom is 0.362 e. The van der Waals surface area contributed by atoms with Gasteiger partial charge in [0.05, 0.1) is 16.8 Å². The Balaban J connectivity index is 1.97. The Labute approximate surface area is 320 Å². The highest BCUT2D eigenvalue weighted by Crippen LogP contribution is 2.59. The quantitative estimate of drug-likeness (QED) is 0.0771. The van der Waals surface area contributed by atoms with E-state index in [-0.39, 0.29) is 60.9 Å². The minimum absolute atomic E-state index is 0.0648. The van der Waals surface area contributed by atoms with Crippen LogP contribution in [0.3, 0.4) is 0 Å². The van der Waals surface area contributed by atoms with Crippen LogP contribution in [0.1, 0.15) is 74.9 Å². The molecule has 0 bridgehead atoms. The van der Waals surface area contributed by atoms with Gasteiger partial charge in [0.25, 0.3) is 7.37 Å². The maximum absolute atomic E-state index is 15.6. The summed E-state index contributed by atoms with van der Waals surface area (Å²) in [4.78, 5) is 72.4. The molecule has 0 fully saturated rings. The van der Waals surface area contributed by atoms with E-state index in [0.717, 1.165) is 11.1 Å². The summed E-state index contributed by atoms with van der Waals surface area (Å²) in [5, 5.41) is -0.300. The lowest BCUT2D eigenvalue weighted by molar-refractivity contribution is 0.300. The van der Waals surface area contributed by atoms with Gasteiger partial charge >= 0.3 is 22.8 Å². The lowest BCUT2D eigenvalue weighted by Crippen LogP contribution is -2.18. The Bertz CT molecular complexity index is 2410. The zero-order chi connectivity index (χ0) is 41.4. The van der Waals surface area contributed by atoms with E-state index in [1.165, 1.54) is 24.3 Å². The molecular weight excluding hydrogens is 788 g/mol. The summed E-state index contributed by atoms with van der Waals surface area (Å²) in [5.41, 5.74) is 4.01.